The number of fused-ring (bicyclic) bond motifs is 1. The molecule has 1 heterocycles. The molecule has 5 nitrogen and oxygen atoms in total. The van der Waals surface area contributed by atoms with Crippen molar-refractivity contribution in [2.45, 2.75) is 32.2 Å². The highest BCUT2D eigenvalue weighted by molar-refractivity contribution is 6.34. The van der Waals surface area contributed by atoms with Crippen molar-refractivity contribution < 1.29 is 14.4 Å². The molecule has 1 aliphatic heterocycles. The van der Waals surface area contributed by atoms with Gasteiger partial charge in [0.1, 0.15) is 0 Å². The second-order valence-electron chi connectivity index (χ2n) is 7.42. The third-order valence-corrected chi connectivity index (χ3v) is 6.37. The second kappa shape index (κ2) is 8.17. The third kappa shape index (κ3) is 3.65. The largest absolute Gasteiger partial charge is 0.274 e. The monoisotopic (exact) mass is 430 g/mol. The Kier molecular flexibility index (Phi) is 5.61. The minimum absolute atomic E-state index is 0.000645. The molecule has 2 atom stereocenters. The van der Waals surface area contributed by atoms with Gasteiger partial charge in [-0.05, 0) is 36.6 Å². The summed E-state index contributed by atoms with van der Waals surface area (Å²) >= 11 is 12.5. The van der Waals surface area contributed by atoms with Gasteiger partial charge in [-0.1, -0.05) is 66.4 Å². The minimum Gasteiger partial charge on any atom is -0.272 e. The summed E-state index contributed by atoms with van der Waals surface area (Å²) < 4.78 is 0. The highest BCUT2D eigenvalue weighted by Gasteiger charge is 2.51. The van der Waals surface area contributed by atoms with Gasteiger partial charge in [-0.15, -0.1) is 0 Å². The van der Waals surface area contributed by atoms with Crippen LogP contribution in [0.1, 0.15) is 41.6 Å². The molecule has 0 N–H and O–H groups in total. The molecule has 3 amide bonds. The Hall–Kier alpha value is -2.37. The SMILES string of the molecule is O=C(c1ccccc1Cl)N(Cc1ccccc1Cl)N1C(=O)[C@H]2CCCC[C@H]2C1=O. The second-order valence-corrected chi connectivity index (χ2v) is 8.23. The first-order chi connectivity index (χ1) is 14.0. The lowest BCUT2D eigenvalue weighted by Crippen LogP contribution is -2.49. The van der Waals surface area contributed by atoms with Crippen molar-refractivity contribution in [2.75, 3.05) is 0 Å². The third-order valence-electron chi connectivity index (χ3n) is 5.68. The molecule has 1 saturated carbocycles. The van der Waals surface area contributed by atoms with Crippen LogP contribution in [0.5, 0.6) is 0 Å². The topological polar surface area (TPSA) is 57.7 Å². The number of hydrazine groups is 1. The number of rotatable bonds is 4. The van der Waals surface area contributed by atoms with Gasteiger partial charge in [0.25, 0.3) is 17.7 Å². The molecule has 0 unspecified atom stereocenters. The zero-order valence-electron chi connectivity index (χ0n) is 15.7. The summed E-state index contributed by atoms with van der Waals surface area (Å²) in [6.07, 6.45) is 3.17. The van der Waals surface area contributed by atoms with E-state index in [-0.39, 0.29) is 40.8 Å². The van der Waals surface area contributed by atoms with Crippen LogP contribution in [-0.2, 0) is 16.1 Å². The summed E-state index contributed by atoms with van der Waals surface area (Å²) in [5.41, 5.74) is 0.877. The van der Waals surface area contributed by atoms with Gasteiger partial charge in [0, 0.05) is 5.02 Å². The number of amides is 3. The van der Waals surface area contributed by atoms with Crippen LogP contribution < -0.4 is 0 Å². The van der Waals surface area contributed by atoms with E-state index in [9.17, 15) is 14.4 Å². The summed E-state index contributed by atoms with van der Waals surface area (Å²) in [4.78, 5) is 39.7. The lowest BCUT2D eigenvalue weighted by molar-refractivity contribution is -0.155. The molecule has 4 rings (SSSR count). The summed E-state index contributed by atoms with van der Waals surface area (Å²) in [5, 5.41) is 2.96. The van der Waals surface area contributed by atoms with Crippen molar-refractivity contribution in [1.82, 2.24) is 10.0 Å². The minimum atomic E-state index is -0.504. The van der Waals surface area contributed by atoms with E-state index in [1.54, 1.807) is 48.5 Å². The van der Waals surface area contributed by atoms with Crippen LogP contribution in [0.3, 0.4) is 0 Å². The predicted molar refractivity (Wildman–Crippen MR) is 110 cm³/mol. The summed E-state index contributed by atoms with van der Waals surface area (Å²) in [7, 11) is 0. The number of hydrogen-bond acceptors (Lipinski definition) is 3. The standard InChI is InChI=1S/C22H20Cl2N2O3/c23-18-11-5-1-7-14(18)13-25(20(27)17-10-4-6-12-19(17)24)26-21(28)15-8-2-3-9-16(15)22(26)29/h1,4-7,10-12,15-16H,2-3,8-9,13H2/t15-,16+. The molecule has 1 aliphatic carbocycles. The maximum atomic E-state index is 13.4. The fourth-order valence-corrected chi connectivity index (χ4v) is 4.59. The van der Waals surface area contributed by atoms with Crippen LogP contribution in [0, 0.1) is 11.8 Å². The molecule has 1 saturated heterocycles. The van der Waals surface area contributed by atoms with Gasteiger partial charge in [-0.2, -0.15) is 5.01 Å². The molecule has 2 aromatic carbocycles. The van der Waals surface area contributed by atoms with Gasteiger partial charge in [-0.3, -0.25) is 14.4 Å². The quantitative estimate of drug-likeness (QED) is 0.658. The van der Waals surface area contributed by atoms with Crippen LogP contribution in [0.15, 0.2) is 48.5 Å². The van der Waals surface area contributed by atoms with Crippen molar-refractivity contribution in [1.29, 1.82) is 0 Å². The van der Waals surface area contributed by atoms with Crippen LogP contribution in [0.4, 0.5) is 0 Å². The first kappa shape index (κ1) is 19.9. The molecule has 29 heavy (non-hydrogen) atoms. The normalized spacial score (nSPS) is 21.2. The number of benzene rings is 2. The van der Waals surface area contributed by atoms with E-state index < -0.39 is 5.91 Å². The van der Waals surface area contributed by atoms with Crippen molar-refractivity contribution in [3.63, 3.8) is 0 Å². The Morgan fingerprint density at radius 2 is 1.45 bits per heavy atom. The number of hydrogen-bond donors (Lipinski definition) is 0. The van der Waals surface area contributed by atoms with E-state index >= 15 is 0 Å². The van der Waals surface area contributed by atoms with E-state index in [0.29, 0.717) is 23.4 Å². The maximum absolute atomic E-state index is 13.4. The number of carbonyl (C=O) groups excluding carboxylic acids is 3. The first-order valence-corrected chi connectivity index (χ1v) is 10.4. The first-order valence-electron chi connectivity index (χ1n) is 9.66. The van der Waals surface area contributed by atoms with Crippen molar-refractivity contribution in [2.24, 2.45) is 11.8 Å². The Balaban J connectivity index is 1.75. The van der Waals surface area contributed by atoms with Crippen molar-refractivity contribution >= 4 is 40.9 Å². The highest BCUT2D eigenvalue weighted by atomic mass is 35.5. The molecule has 7 heteroatoms. The Bertz CT molecular complexity index is 954. The maximum Gasteiger partial charge on any atom is 0.274 e. The van der Waals surface area contributed by atoms with Gasteiger partial charge in [0.2, 0.25) is 0 Å². The van der Waals surface area contributed by atoms with E-state index in [1.807, 2.05) is 0 Å². The van der Waals surface area contributed by atoms with Gasteiger partial charge >= 0.3 is 0 Å². The predicted octanol–water partition coefficient (Wildman–Crippen LogP) is 4.73. The van der Waals surface area contributed by atoms with Crippen LogP contribution in [0.2, 0.25) is 10.0 Å². The summed E-state index contributed by atoms with van der Waals surface area (Å²) in [6, 6.07) is 13.7. The Labute approximate surface area is 179 Å². The molecular formula is C22H20Cl2N2O3. The van der Waals surface area contributed by atoms with Gasteiger partial charge in [0.05, 0.1) is 29.0 Å². The summed E-state index contributed by atoms with van der Waals surface area (Å²) in [6.45, 7) is 0.000645. The van der Waals surface area contributed by atoms with Crippen molar-refractivity contribution in [3.8, 4) is 0 Å². The molecule has 2 fully saturated rings. The lowest BCUT2D eigenvalue weighted by atomic mass is 9.81. The number of nitrogens with zero attached hydrogens (tertiary/aromatic N) is 2. The zero-order valence-corrected chi connectivity index (χ0v) is 17.2. The molecule has 0 bridgehead atoms. The summed E-state index contributed by atoms with van der Waals surface area (Å²) in [5.74, 6) is -1.84. The molecule has 2 aromatic rings. The molecule has 0 aromatic heterocycles. The van der Waals surface area contributed by atoms with Crippen LogP contribution >= 0.6 is 23.2 Å². The molecule has 150 valence electrons. The smallest absolute Gasteiger partial charge is 0.272 e. The number of halogens is 2. The average molecular weight is 431 g/mol. The van der Waals surface area contributed by atoms with E-state index in [0.717, 1.165) is 17.9 Å². The van der Waals surface area contributed by atoms with Gasteiger partial charge < -0.3 is 0 Å². The highest BCUT2D eigenvalue weighted by Crippen LogP contribution is 2.39. The zero-order chi connectivity index (χ0) is 20.5. The molecule has 2 aliphatic rings. The van der Waals surface area contributed by atoms with Crippen LogP contribution in [-0.4, -0.2) is 27.7 Å². The Morgan fingerprint density at radius 3 is 2.03 bits per heavy atom. The molecule has 0 spiro atoms. The van der Waals surface area contributed by atoms with E-state index in [4.69, 9.17) is 23.2 Å². The average Bonchev–Trinajstić information content (AvgIpc) is 2.98. The molecule has 0 radical (unpaired) electrons. The Morgan fingerprint density at radius 1 is 0.897 bits per heavy atom. The van der Waals surface area contributed by atoms with Crippen molar-refractivity contribution in [3.05, 3.63) is 69.7 Å². The number of imide groups is 1. The van der Waals surface area contributed by atoms with Gasteiger partial charge in [-0.25, -0.2) is 5.01 Å². The van der Waals surface area contributed by atoms with Gasteiger partial charge in [0.15, 0.2) is 0 Å². The van der Waals surface area contributed by atoms with E-state index in [2.05, 4.69) is 0 Å². The van der Waals surface area contributed by atoms with Crippen LogP contribution in [0.25, 0.3) is 0 Å². The number of carbonyl (C=O) groups is 3. The fraction of sp³-hybridized carbons (Fsp3) is 0.318. The molecular weight excluding hydrogens is 411 g/mol. The van der Waals surface area contributed by atoms with E-state index in [1.165, 1.54) is 5.01 Å². The lowest BCUT2D eigenvalue weighted by Gasteiger charge is -2.31. The fourth-order valence-electron chi connectivity index (χ4n) is 4.18.